The van der Waals surface area contributed by atoms with E-state index in [0.717, 1.165) is 5.57 Å². The van der Waals surface area contributed by atoms with Crippen LogP contribution in [0.3, 0.4) is 0 Å². The van der Waals surface area contributed by atoms with E-state index in [0.29, 0.717) is 17.6 Å². The normalized spacial score (nSPS) is 21.5. The molecule has 1 aromatic carbocycles. The topological polar surface area (TPSA) is 105 Å². The molecule has 0 radical (unpaired) electrons. The van der Waals surface area contributed by atoms with E-state index in [1.807, 2.05) is 13.8 Å². The van der Waals surface area contributed by atoms with Crippen LogP contribution in [0.5, 0.6) is 0 Å². The van der Waals surface area contributed by atoms with Crippen molar-refractivity contribution in [2.75, 3.05) is 20.3 Å². The van der Waals surface area contributed by atoms with E-state index in [2.05, 4.69) is 0 Å². The van der Waals surface area contributed by atoms with Gasteiger partial charge in [0.25, 0.3) is 5.69 Å². The Morgan fingerprint density at radius 2 is 1.97 bits per heavy atom. The smallest absolute Gasteiger partial charge is 0.334 e. The maximum absolute atomic E-state index is 13.0. The largest absolute Gasteiger partial charge is 0.463 e. The first-order valence-corrected chi connectivity index (χ1v) is 9.97. The van der Waals surface area contributed by atoms with E-state index >= 15 is 0 Å². The molecular formula is C22H29NO7. The Hall–Kier alpha value is -2.74. The van der Waals surface area contributed by atoms with E-state index in [9.17, 15) is 19.7 Å². The Bertz CT molecular complexity index is 831. The lowest BCUT2D eigenvalue weighted by Crippen LogP contribution is -2.38. The molecule has 8 heteroatoms. The number of rotatable bonds is 8. The van der Waals surface area contributed by atoms with Crippen LogP contribution in [0.15, 0.2) is 35.4 Å². The first-order valence-electron chi connectivity index (χ1n) is 9.97. The minimum Gasteiger partial charge on any atom is -0.463 e. The summed E-state index contributed by atoms with van der Waals surface area (Å²) in [5.74, 6) is -2.48. The fourth-order valence-corrected chi connectivity index (χ4v) is 3.97. The molecule has 3 atom stereocenters. The van der Waals surface area contributed by atoms with Gasteiger partial charge in [-0.15, -0.1) is 0 Å². The molecule has 30 heavy (non-hydrogen) atoms. The highest BCUT2D eigenvalue weighted by atomic mass is 16.6. The molecule has 0 N–H and O–H groups in total. The molecule has 2 rings (SSSR count). The molecule has 0 spiro atoms. The Balaban J connectivity index is 2.57. The van der Waals surface area contributed by atoms with Crippen molar-refractivity contribution >= 4 is 17.6 Å². The van der Waals surface area contributed by atoms with Crippen LogP contribution in [0, 0.1) is 22.0 Å². The third-order valence-electron chi connectivity index (χ3n) is 5.18. The van der Waals surface area contributed by atoms with Crippen LogP contribution in [-0.4, -0.2) is 43.3 Å². The van der Waals surface area contributed by atoms with Gasteiger partial charge < -0.3 is 14.2 Å². The van der Waals surface area contributed by atoms with Crippen molar-refractivity contribution < 1.29 is 28.7 Å². The average molecular weight is 419 g/mol. The zero-order valence-electron chi connectivity index (χ0n) is 18.0. The summed E-state index contributed by atoms with van der Waals surface area (Å²) >= 11 is 0. The van der Waals surface area contributed by atoms with E-state index in [-0.39, 0.29) is 30.9 Å². The van der Waals surface area contributed by atoms with Crippen molar-refractivity contribution in [2.45, 2.75) is 46.1 Å². The summed E-state index contributed by atoms with van der Waals surface area (Å²) in [6.45, 7) is 7.60. The molecule has 164 valence electrons. The molecule has 0 aliphatic heterocycles. The predicted molar refractivity (Wildman–Crippen MR) is 110 cm³/mol. The van der Waals surface area contributed by atoms with Gasteiger partial charge in [0.2, 0.25) is 0 Å². The van der Waals surface area contributed by atoms with Gasteiger partial charge in [-0.25, -0.2) is 4.79 Å². The molecule has 0 saturated heterocycles. The van der Waals surface area contributed by atoms with Crippen LogP contribution in [0.2, 0.25) is 0 Å². The summed E-state index contributed by atoms with van der Waals surface area (Å²) < 4.78 is 15.8. The first kappa shape index (κ1) is 23.5. The molecule has 0 bridgehead atoms. The van der Waals surface area contributed by atoms with Gasteiger partial charge in [-0.2, -0.15) is 0 Å². The van der Waals surface area contributed by atoms with Gasteiger partial charge in [0.05, 0.1) is 23.6 Å². The molecule has 0 amide bonds. The van der Waals surface area contributed by atoms with Gasteiger partial charge in [-0.05, 0) is 38.7 Å². The maximum atomic E-state index is 13.0. The predicted octanol–water partition coefficient (Wildman–Crippen LogP) is 3.79. The lowest BCUT2D eigenvalue weighted by Gasteiger charge is -2.37. The molecule has 3 unspecified atom stereocenters. The van der Waals surface area contributed by atoms with E-state index in [4.69, 9.17) is 14.2 Å². The lowest BCUT2D eigenvalue weighted by molar-refractivity contribution is -0.384. The van der Waals surface area contributed by atoms with Crippen LogP contribution in [0.4, 0.5) is 5.69 Å². The molecule has 0 fully saturated rings. The SMILES string of the molecule is COCCOC(=O)C1C(C)CC(C)=C(C(=O)OC(C)C)C1c1cccc([N+](=O)[O-])c1. The Kier molecular flexibility index (Phi) is 8.11. The van der Waals surface area contributed by atoms with Crippen LogP contribution < -0.4 is 0 Å². The number of carbonyl (C=O) groups is 2. The number of nitro groups is 1. The summed E-state index contributed by atoms with van der Waals surface area (Å²) in [6.07, 6.45) is 0.188. The molecule has 1 aliphatic rings. The standard InChI is InChI=1S/C22H29NO7/c1-13(2)30-22(25)19-15(4)11-14(3)18(21(24)29-10-9-28-5)20(19)16-7-6-8-17(12-16)23(26)27/h6-8,12-14,18,20H,9-11H2,1-5H3. The highest BCUT2D eigenvalue weighted by Crippen LogP contribution is 2.46. The summed E-state index contributed by atoms with van der Waals surface area (Å²) in [5, 5.41) is 11.3. The molecule has 0 heterocycles. The number of ether oxygens (including phenoxy) is 3. The highest BCUT2D eigenvalue weighted by molar-refractivity contribution is 5.93. The number of nitro benzene ring substituents is 1. The number of hydrogen-bond acceptors (Lipinski definition) is 7. The second kappa shape index (κ2) is 10.3. The van der Waals surface area contributed by atoms with Crippen molar-refractivity contribution in [2.24, 2.45) is 11.8 Å². The number of methoxy groups -OCH3 is 1. The third kappa shape index (κ3) is 5.44. The van der Waals surface area contributed by atoms with Crippen LogP contribution in [0.25, 0.3) is 0 Å². The lowest BCUT2D eigenvalue weighted by atomic mass is 9.67. The van der Waals surface area contributed by atoms with Crippen molar-refractivity contribution in [3.05, 3.63) is 51.1 Å². The number of carbonyl (C=O) groups excluding carboxylic acids is 2. The van der Waals surface area contributed by atoms with Crippen molar-refractivity contribution in [1.29, 1.82) is 0 Å². The molecule has 1 aromatic rings. The van der Waals surface area contributed by atoms with Crippen molar-refractivity contribution in [1.82, 2.24) is 0 Å². The molecule has 1 aliphatic carbocycles. The monoisotopic (exact) mass is 419 g/mol. The van der Waals surface area contributed by atoms with Crippen LogP contribution in [-0.2, 0) is 23.8 Å². The van der Waals surface area contributed by atoms with E-state index < -0.39 is 28.7 Å². The van der Waals surface area contributed by atoms with Gasteiger partial charge in [0.1, 0.15) is 6.61 Å². The molecule has 0 saturated carbocycles. The Morgan fingerprint density at radius 1 is 1.27 bits per heavy atom. The number of nitrogens with zero attached hydrogens (tertiary/aromatic N) is 1. The minimum atomic E-state index is -0.699. The highest BCUT2D eigenvalue weighted by Gasteiger charge is 2.44. The number of esters is 2. The number of benzene rings is 1. The Morgan fingerprint density at radius 3 is 2.57 bits per heavy atom. The molecular weight excluding hydrogens is 390 g/mol. The zero-order chi connectivity index (χ0) is 22.4. The van der Waals surface area contributed by atoms with Gasteiger partial charge in [0, 0.05) is 30.7 Å². The minimum absolute atomic E-state index is 0.0919. The average Bonchev–Trinajstić information content (AvgIpc) is 2.66. The fourth-order valence-electron chi connectivity index (χ4n) is 3.97. The van der Waals surface area contributed by atoms with Crippen molar-refractivity contribution in [3.8, 4) is 0 Å². The number of non-ortho nitro benzene ring substituents is 1. The zero-order valence-corrected chi connectivity index (χ0v) is 18.0. The number of hydrogen-bond donors (Lipinski definition) is 0. The van der Waals surface area contributed by atoms with Crippen LogP contribution in [0.1, 0.15) is 45.6 Å². The second-order valence-electron chi connectivity index (χ2n) is 7.85. The van der Waals surface area contributed by atoms with E-state index in [1.165, 1.54) is 19.2 Å². The summed E-state index contributed by atoms with van der Waals surface area (Å²) in [4.78, 5) is 36.8. The third-order valence-corrected chi connectivity index (χ3v) is 5.18. The Labute approximate surface area is 176 Å². The molecule has 0 aromatic heterocycles. The molecule has 8 nitrogen and oxygen atoms in total. The summed E-state index contributed by atoms with van der Waals surface area (Å²) in [5.41, 5.74) is 1.59. The first-order chi connectivity index (χ1) is 14.2. The quantitative estimate of drug-likeness (QED) is 0.273. The van der Waals surface area contributed by atoms with Crippen LogP contribution >= 0.6 is 0 Å². The second-order valence-corrected chi connectivity index (χ2v) is 7.85. The number of allylic oxidation sites excluding steroid dienone is 1. The van der Waals surface area contributed by atoms with Gasteiger partial charge in [-0.3, -0.25) is 14.9 Å². The summed E-state index contributed by atoms with van der Waals surface area (Å²) in [6, 6.07) is 6.04. The summed E-state index contributed by atoms with van der Waals surface area (Å²) in [7, 11) is 1.51. The maximum Gasteiger partial charge on any atom is 0.334 e. The van der Waals surface area contributed by atoms with Gasteiger partial charge in [0.15, 0.2) is 0 Å². The van der Waals surface area contributed by atoms with Gasteiger partial charge in [-0.1, -0.05) is 24.6 Å². The fraction of sp³-hybridized carbons (Fsp3) is 0.545. The van der Waals surface area contributed by atoms with Crippen molar-refractivity contribution in [3.63, 3.8) is 0 Å². The van der Waals surface area contributed by atoms with Gasteiger partial charge >= 0.3 is 11.9 Å². The van der Waals surface area contributed by atoms with E-state index in [1.54, 1.807) is 26.0 Å².